The van der Waals surface area contributed by atoms with Gasteiger partial charge >= 0.3 is 6.09 Å². The van der Waals surface area contributed by atoms with E-state index >= 15 is 0 Å². The number of phenolic OH excluding ortho intramolecular Hbond substituents is 1. The van der Waals surface area contributed by atoms with E-state index in [1.807, 2.05) is 20.8 Å². The maximum Gasteiger partial charge on any atom is 0.408 e. The third kappa shape index (κ3) is 10.0. The average Bonchev–Trinajstić information content (AvgIpc) is 2.77. The Morgan fingerprint density at radius 2 is 1.75 bits per heavy atom. The van der Waals surface area contributed by atoms with E-state index in [9.17, 15) is 24.6 Å². The molecule has 204 valence electrons. The Hall–Kier alpha value is -2.81. The maximum absolute atomic E-state index is 13.7. The number of aliphatic hydroxyl groups excluding tert-OH is 1. The Balaban J connectivity index is 3.44. The highest BCUT2D eigenvalue weighted by atomic mass is 16.6. The van der Waals surface area contributed by atoms with E-state index in [4.69, 9.17) is 4.74 Å². The number of aromatic hydroxyl groups is 1. The number of ether oxygens (including phenoxy) is 1. The lowest BCUT2D eigenvalue weighted by Gasteiger charge is -2.35. The van der Waals surface area contributed by atoms with Gasteiger partial charge in [-0.15, -0.1) is 0 Å². The van der Waals surface area contributed by atoms with E-state index in [0.29, 0.717) is 17.5 Å². The fraction of sp³-hybridized carbons (Fsp3) is 0.667. The van der Waals surface area contributed by atoms with Crippen LogP contribution in [0.4, 0.5) is 4.79 Å². The molecule has 9 nitrogen and oxygen atoms in total. The maximum atomic E-state index is 13.7. The van der Waals surface area contributed by atoms with Crippen LogP contribution in [-0.2, 0) is 14.3 Å². The highest BCUT2D eigenvalue weighted by Gasteiger charge is 2.36. The third-order valence-electron chi connectivity index (χ3n) is 5.66. The predicted molar refractivity (Wildman–Crippen MR) is 140 cm³/mol. The van der Waals surface area contributed by atoms with E-state index in [-0.39, 0.29) is 24.2 Å². The number of rotatable bonds is 13. The Morgan fingerprint density at radius 1 is 1.08 bits per heavy atom. The number of alkyl carbamates (subject to hydrolysis) is 1. The topological polar surface area (TPSA) is 128 Å². The molecule has 0 aromatic heterocycles. The molecule has 0 aliphatic rings. The standard InChI is InChI=1S/C27H45N3O6/c1-8-10-11-15-30(25(34)21(17-31)29-26(35)36-27(5,6)7)23(24(33)28-19(4)12-9-2)20-13-14-22(32)18(3)16-20/h13-14,16,19,21,23,31-32H,8-12,15,17H2,1-7H3,(H,28,33)(H,29,35). The van der Waals surface area contributed by atoms with Crippen molar-refractivity contribution in [3.63, 3.8) is 0 Å². The van der Waals surface area contributed by atoms with Crippen LogP contribution in [0.2, 0.25) is 0 Å². The van der Waals surface area contributed by atoms with Gasteiger partial charge in [0, 0.05) is 12.6 Å². The second-order valence-corrected chi connectivity index (χ2v) is 10.3. The number of benzene rings is 1. The lowest BCUT2D eigenvalue weighted by atomic mass is 9.99. The monoisotopic (exact) mass is 507 g/mol. The second kappa shape index (κ2) is 14.7. The van der Waals surface area contributed by atoms with Crippen molar-refractivity contribution in [3.8, 4) is 5.75 Å². The zero-order valence-electron chi connectivity index (χ0n) is 22.9. The molecule has 3 atom stereocenters. The number of aliphatic hydroxyl groups is 1. The van der Waals surface area contributed by atoms with Crippen LogP contribution < -0.4 is 10.6 Å². The molecule has 0 spiro atoms. The largest absolute Gasteiger partial charge is 0.508 e. The minimum Gasteiger partial charge on any atom is -0.508 e. The number of hydrogen-bond donors (Lipinski definition) is 4. The fourth-order valence-electron chi connectivity index (χ4n) is 3.88. The van der Waals surface area contributed by atoms with Gasteiger partial charge < -0.3 is 30.5 Å². The molecule has 3 amide bonds. The summed E-state index contributed by atoms with van der Waals surface area (Å²) in [6, 6.07) is 2.39. The highest BCUT2D eigenvalue weighted by molar-refractivity contribution is 5.92. The number of hydrogen-bond acceptors (Lipinski definition) is 6. The first-order valence-electron chi connectivity index (χ1n) is 12.8. The smallest absolute Gasteiger partial charge is 0.408 e. The summed E-state index contributed by atoms with van der Waals surface area (Å²) in [6.45, 7) is 12.4. The van der Waals surface area contributed by atoms with Gasteiger partial charge in [0.1, 0.15) is 23.4 Å². The van der Waals surface area contributed by atoms with Crippen molar-refractivity contribution in [2.45, 2.75) is 104 Å². The molecule has 0 aliphatic heterocycles. The Bertz CT molecular complexity index is 868. The van der Waals surface area contributed by atoms with Gasteiger partial charge in [-0.2, -0.15) is 0 Å². The van der Waals surface area contributed by atoms with Crippen molar-refractivity contribution in [2.75, 3.05) is 13.2 Å². The number of carbonyl (C=O) groups is 3. The van der Waals surface area contributed by atoms with Crippen LogP contribution in [0.25, 0.3) is 0 Å². The number of unbranched alkanes of at least 4 members (excludes halogenated alkanes) is 2. The first-order chi connectivity index (χ1) is 16.8. The van der Waals surface area contributed by atoms with Crippen molar-refractivity contribution in [1.82, 2.24) is 15.5 Å². The van der Waals surface area contributed by atoms with Crippen molar-refractivity contribution >= 4 is 17.9 Å². The lowest BCUT2D eigenvalue weighted by molar-refractivity contribution is -0.143. The molecule has 1 rings (SSSR count). The number of carbonyl (C=O) groups excluding carboxylic acids is 3. The number of phenols is 1. The summed E-state index contributed by atoms with van der Waals surface area (Å²) in [4.78, 5) is 41.1. The number of nitrogens with zero attached hydrogens (tertiary/aromatic N) is 1. The van der Waals surface area contributed by atoms with Crippen molar-refractivity contribution in [1.29, 1.82) is 0 Å². The van der Waals surface area contributed by atoms with E-state index in [0.717, 1.165) is 25.7 Å². The molecule has 0 heterocycles. The Labute approximate surface area is 215 Å². The molecular formula is C27H45N3O6. The Morgan fingerprint density at radius 3 is 2.28 bits per heavy atom. The summed E-state index contributed by atoms with van der Waals surface area (Å²) in [6.07, 6.45) is 3.21. The summed E-state index contributed by atoms with van der Waals surface area (Å²) in [5.41, 5.74) is 0.318. The molecule has 0 saturated carbocycles. The third-order valence-corrected chi connectivity index (χ3v) is 5.66. The van der Waals surface area contributed by atoms with Gasteiger partial charge in [-0.3, -0.25) is 9.59 Å². The Kier molecular flexibility index (Phi) is 12.7. The summed E-state index contributed by atoms with van der Waals surface area (Å²) >= 11 is 0. The van der Waals surface area contributed by atoms with E-state index in [2.05, 4.69) is 10.6 Å². The van der Waals surface area contributed by atoms with Gasteiger partial charge in [-0.1, -0.05) is 39.2 Å². The summed E-state index contributed by atoms with van der Waals surface area (Å²) in [5, 5.41) is 25.5. The van der Waals surface area contributed by atoms with Crippen LogP contribution in [0.5, 0.6) is 5.75 Å². The lowest BCUT2D eigenvalue weighted by Crippen LogP contribution is -2.55. The minimum absolute atomic E-state index is 0.0842. The molecule has 9 heteroatoms. The van der Waals surface area contributed by atoms with Crippen LogP contribution in [0.1, 0.15) is 90.8 Å². The molecule has 0 fully saturated rings. The van der Waals surface area contributed by atoms with Crippen LogP contribution in [0.15, 0.2) is 18.2 Å². The molecule has 0 aliphatic carbocycles. The van der Waals surface area contributed by atoms with Crippen molar-refractivity contribution in [2.24, 2.45) is 0 Å². The molecule has 1 aromatic carbocycles. The minimum atomic E-state index is -1.29. The first-order valence-corrected chi connectivity index (χ1v) is 12.8. The summed E-state index contributed by atoms with van der Waals surface area (Å²) < 4.78 is 5.26. The number of amides is 3. The van der Waals surface area contributed by atoms with Gasteiger partial charge in [0.25, 0.3) is 0 Å². The van der Waals surface area contributed by atoms with Crippen molar-refractivity contribution in [3.05, 3.63) is 29.3 Å². The number of nitrogens with one attached hydrogen (secondary N) is 2. The van der Waals surface area contributed by atoms with Crippen molar-refractivity contribution < 1.29 is 29.3 Å². The van der Waals surface area contributed by atoms with E-state index < -0.39 is 36.3 Å². The highest BCUT2D eigenvalue weighted by Crippen LogP contribution is 2.28. The van der Waals surface area contributed by atoms with Crippen LogP contribution in [0, 0.1) is 6.92 Å². The van der Waals surface area contributed by atoms with Gasteiger partial charge in [0.15, 0.2) is 0 Å². The van der Waals surface area contributed by atoms with Gasteiger partial charge in [0.2, 0.25) is 11.8 Å². The zero-order valence-corrected chi connectivity index (χ0v) is 22.9. The van der Waals surface area contributed by atoms with E-state index in [1.165, 1.54) is 11.0 Å². The average molecular weight is 508 g/mol. The van der Waals surface area contributed by atoms with Gasteiger partial charge in [-0.05, 0) is 70.7 Å². The molecule has 1 aromatic rings. The normalized spacial score (nSPS) is 13.9. The van der Waals surface area contributed by atoms with Gasteiger partial charge in [0.05, 0.1) is 6.61 Å². The summed E-state index contributed by atoms with van der Waals surface area (Å²) in [5.74, 6) is -0.866. The summed E-state index contributed by atoms with van der Waals surface area (Å²) in [7, 11) is 0. The second-order valence-electron chi connectivity index (χ2n) is 10.3. The molecule has 3 unspecified atom stereocenters. The van der Waals surface area contributed by atoms with Crippen LogP contribution >= 0.6 is 0 Å². The number of aryl methyl sites for hydroxylation is 1. The molecule has 0 bridgehead atoms. The quantitative estimate of drug-likeness (QED) is 0.299. The van der Waals surface area contributed by atoms with Gasteiger partial charge in [-0.25, -0.2) is 4.79 Å². The fourth-order valence-corrected chi connectivity index (χ4v) is 3.88. The molecular weight excluding hydrogens is 462 g/mol. The SMILES string of the molecule is CCCCCN(C(=O)C(CO)NC(=O)OC(C)(C)C)C(C(=O)NC(C)CCC)c1ccc(O)c(C)c1. The van der Waals surface area contributed by atoms with Crippen LogP contribution in [-0.4, -0.2) is 63.9 Å². The van der Waals surface area contributed by atoms with E-state index in [1.54, 1.807) is 39.8 Å². The van der Waals surface area contributed by atoms with Crippen LogP contribution in [0.3, 0.4) is 0 Å². The molecule has 0 radical (unpaired) electrons. The molecule has 36 heavy (non-hydrogen) atoms. The first kappa shape index (κ1) is 31.2. The predicted octanol–water partition coefficient (Wildman–Crippen LogP) is 3.95. The molecule has 4 N–H and O–H groups in total. The zero-order chi connectivity index (χ0) is 27.5. The molecule has 0 saturated heterocycles.